The van der Waals surface area contributed by atoms with Gasteiger partial charge in [0.2, 0.25) is 0 Å². The Bertz CT molecular complexity index is 560. The third-order valence-electron chi connectivity index (χ3n) is 2.60. The SMILES string of the molecule is S=c1nc(-c2ccco2)[nH]c2c1COCC2. The molecule has 0 saturated heterocycles. The molecule has 0 atom stereocenters. The van der Waals surface area contributed by atoms with Crippen molar-refractivity contribution in [2.45, 2.75) is 13.0 Å². The fourth-order valence-corrected chi connectivity index (χ4v) is 2.06. The summed E-state index contributed by atoms with van der Waals surface area (Å²) in [7, 11) is 0. The highest BCUT2D eigenvalue weighted by Crippen LogP contribution is 2.20. The van der Waals surface area contributed by atoms with E-state index in [0.717, 1.165) is 24.3 Å². The highest BCUT2D eigenvalue weighted by Gasteiger charge is 2.14. The number of H-pyrrole nitrogens is 1. The van der Waals surface area contributed by atoms with Crippen LogP contribution in [0.5, 0.6) is 0 Å². The molecule has 0 amide bonds. The number of aromatic amines is 1. The molecule has 3 heterocycles. The van der Waals surface area contributed by atoms with Crippen LogP contribution in [0.25, 0.3) is 11.6 Å². The highest BCUT2D eigenvalue weighted by atomic mass is 32.1. The van der Waals surface area contributed by atoms with E-state index in [2.05, 4.69) is 9.97 Å². The zero-order valence-corrected chi connectivity index (χ0v) is 9.34. The van der Waals surface area contributed by atoms with Crippen LogP contribution in [0.15, 0.2) is 22.8 Å². The second-order valence-corrected chi connectivity index (χ2v) is 4.01. The Balaban J connectivity index is 2.16. The molecule has 2 aromatic heterocycles. The van der Waals surface area contributed by atoms with E-state index in [1.54, 1.807) is 6.26 Å². The summed E-state index contributed by atoms with van der Waals surface area (Å²) in [5, 5.41) is 0. The van der Waals surface area contributed by atoms with Crippen molar-refractivity contribution in [1.82, 2.24) is 9.97 Å². The minimum absolute atomic E-state index is 0.552. The van der Waals surface area contributed by atoms with E-state index in [4.69, 9.17) is 21.4 Å². The van der Waals surface area contributed by atoms with Crippen molar-refractivity contribution < 1.29 is 9.15 Å². The Morgan fingerprint density at radius 3 is 3.19 bits per heavy atom. The summed E-state index contributed by atoms with van der Waals surface area (Å²) in [4.78, 5) is 7.57. The lowest BCUT2D eigenvalue weighted by atomic mass is 10.1. The van der Waals surface area contributed by atoms with Crippen LogP contribution in [-0.2, 0) is 17.8 Å². The molecule has 0 bridgehead atoms. The van der Waals surface area contributed by atoms with Crippen molar-refractivity contribution >= 4 is 12.2 Å². The van der Waals surface area contributed by atoms with Gasteiger partial charge >= 0.3 is 0 Å². The summed E-state index contributed by atoms with van der Waals surface area (Å²) < 4.78 is 11.2. The molecule has 1 aliphatic rings. The van der Waals surface area contributed by atoms with Crippen LogP contribution in [0.1, 0.15) is 11.3 Å². The minimum Gasteiger partial charge on any atom is -0.461 e. The molecule has 0 unspecified atom stereocenters. The Morgan fingerprint density at radius 1 is 1.44 bits per heavy atom. The second-order valence-electron chi connectivity index (χ2n) is 3.63. The van der Waals surface area contributed by atoms with E-state index < -0.39 is 0 Å². The molecule has 0 spiro atoms. The maximum absolute atomic E-state index is 5.36. The predicted octanol–water partition coefficient (Wildman–Crippen LogP) is 2.47. The van der Waals surface area contributed by atoms with E-state index in [0.29, 0.717) is 22.8 Å². The first-order chi connectivity index (χ1) is 7.84. The average molecular weight is 234 g/mol. The number of hydrogen-bond donors (Lipinski definition) is 1. The topological polar surface area (TPSA) is 51.0 Å². The molecular formula is C11H10N2O2S. The Hall–Kier alpha value is -1.46. The Labute approximate surface area is 97.3 Å². The van der Waals surface area contributed by atoms with Gasteiger partial charge in [0.1, 0.15) is 4.64 Å². The largest absolute Gasteiger partial charge is 0.461 e. The van der Waals surface area contributed by atoms with Crippen LogP contribution < -0.4 is 0 Å². The quantitative estimate of drug-likeness (QED) is 0.770. The van der Waals surface area contributed by atoms with Gasteiger partial charge in [0.05, 0.1) is 19.5 Å². The number of rotatable bonds is 1. The highest BCUT2D eigenvalue weighted by molar-refractivity contribution is 7.71. The monoisotopic (exact) mass is 234 g/mol. The molecule has 2 aromatic rings. The van der Waals surface area contributed by atoms with E-state index >= 15 is 0 Å². The van der Waals surface area contributed by atoms with Crippen LogP contribution in [0.2, 0.25) is 0 Å². The lowest BCUT2D eigenvalue weighted by Gasteiger charge is -2.16. The van der Waals surface area contributed by atoms with Crippen molar-refractivity contribution in [1.29, 1.82) is 0 Å². The number of furan rings is 1. The molecule has 0 saturated carbocycles. The number of aromatic nitrogens is 2. The number of fused-ring (bicyclic) bond motifs is 1. The van der Waals surface area contributed by atoms with Crippen molar-refractivity contribution in [3.8, 4) is 11.6 Å². The molecule has 16 heavy (non-hydrogen) atoms. The van der Waals surface area contributed by atoms with Gasteiger partial charge in [0, 0.05) is 17.7 Å². The summed E-state index contributed by atoms with van der Waals surface area (Å²) in [5.74, 6) is 1.40. The first-order valence-corrected chi connectivity index (χ1v) is 5.49. The van der Waals surface area contributed by atoms with Crippen LogP contribution >= 0.6 is 12.2 Å². The Kier molecular flexibility index (Phi) is 2.34. The molecule has 0 fully saturated rings. The van der Waals surface area contributed by atoms with Gasteiger partial charge in [-0.15, -0.1) is 0 Å². The summed E-state index contributed by atoms with van der Waals surface area (Å²) in [6.07, 6.45) is 2.46. The minimum atomic E-state index is 0.552. The smallest absolute Gasteiger partial charge is 0.175 e. The molecule has 0 aliphatic carbocycles. The lowest BCUT2D eigenvalue weighted by Crippen LogP contribution is -2.13. The molecule has 0 radical (unpaired) electrons. The standard InChI is InChI=1S/C11H10N2O2S/c16-11-7-6-14-5-3-8(7)12-10(13-11)9-2-1-4-15-9/h1-2,4H,3,5-6H2,(H,12,13,16). The molecule has 0 aromatic carbocycles. The molecule has 1 N–H and O–H groups in total. The molecule has 3 rings (SSSR count). The molecule has 5 heteroatoms. The van der Waals surface area contributed by atoms with Crippen LogP contribution in [-0.4, -0.2) is 16.6 Å². The molecular weight excluding hydrogens is 224 g/mol. The summed E-state index contributed by atoms with van der Waals surface area (Å²) in [6, 6.07) is 3.69. The average Bonchev–Trinajstić information content (AvgIpc) is 2.82. The van der Waals surface area contributed by atoms with E-state index in [-0.39, 0.29) is 0 Å². The zero-order valence-electron chi connectivity index (χ0n) is 8.53. The van der Waals surface area contributed by atoms with Crippen LogP contribution in [0.3, 0.4) is 0 Å². The van der Waals surface area contributed by atoms with Crippen molar-refractivity contribution in [2.24, 2.45) is 0 Å². The fourth-order valence-electron chi connectivity index (χ4n) is 1.79. The first-order valence-electron chi connectivity index (χ1n) is 5.08. The van der Waals surface area contributed by atoms with Gasteiger partial charge in [0.25, 0.3) is 0 Å². The van der Waals surface area contributed by atoms with E-state index in [9.17, 15) is 0 Å². The maximum atomic E-state index is 5.36. The van der Waals surface area contributed by atoms with Crippen molar-refractivity contribution in [2.75, 3.05) is 6.61 Å². The van der Waals surface area contributed by atoms with Crippen LogP contribution in [0, 0.1) is 4.64 Å². The third kappa shape index (κ3) is 1.58. The third-order valence-corrected chi connectivity index (χ3v) is 2.94. The second kappa shape index (κ2) is 3.84. The van der Waals surface area contributed by atoms with Gasteiger partial charge in [-0.25, -0.2) is 4.98 Å². The van der Waals surface area contributed by atoms with Gasteiger partial charge in [-0.1, -0.05) is 12.2 Å². The van der Waals surface area contributed by atoms with E-state index in [1.165, 1.54) is 0 Å². The molecule has 82 valence electrons. The number of nitrogens with one attached hydrogen (secondary N) is 1. The fraction of sp³-hybridized carbons (Fsp3) is 0.273. The number of nitrogens with zero attached hydrogens (tertiary/aromatic N) is 1. The lowest BCUT2D eigenvalue weighted by molar-refractivity contribution is 0.108. The van der Waals surface area contributed by atoms with Crippen molar-refractivity contribution in [3.63, 3.8) is 0 Å². The zero-order chi connectivity index (χ0) is 11.0. The summed E-state index contributed by atoms with van der Waals surface area (Å²) in [5.41, 5.74) is 2.11. The molecule has 4 nitrogen and oxygen atoms in total. The summed E-state index contributed by atoms with van der Waals surface area (Å²) in [6.45, 7) is 1.27. The van der Waals surface area contributed by atoms with Gasteiger partial charge in [-0.05, 0) is 12.1 Å². The maximum Gasteiger partial charge on any atom is 0.175 e. The normalized spacial score (nSPS) is 14.8. The van der Waals surface area contributed by atoms with Gasteiger partial charge in [-0.2, -0.15) is 0 Å². The Morgan fingerprint density at radius 2 is 2.38 bits per heavy atom. The first kappa shape index (κ1) is 9.74. The predicted molar refractivity (Wildman–Crippen MR) is 60.5 cm³/mol. The van der Waals surface area contributed by atoms with Crippen LogP contribution in [0.4, 0.5) is 0 Å². The van der Waals surface area contributed by atoms with Gasteiger partial charge < -0.3 is 14.1 Å². The number of ether oxygens (including phenoxy) is 1. The van der Waals surface area contributed by atoms with Crippen molar-refractivity contribution in [3.05, 3.63) is 34.3 Å². The summed E-state index contributed by atoms with van der Waals surface area (Å²) >= 11 is 5.25. The van der Waals surface area contributed by atoms with Gasteiger partial charge in [-0.3, -0.25) is 0 Å². The van der Waals surface area contributed by atoms with Gasteiger partial charge in [0.15, 0.2) is 11.6 Å². The number of hydrogen-bond acceptors (Lipinski definition) is 4. The van der Waals surface area contributed by atoms with E-state index in [1.807, 2.05) is 12.1 Å². The molecule has 1 aliphatic heterocycles.